The Kier molecular flexibility index (Phi) is 6.05. The molecule has 2 aromatic rings. The Morgan fingerprint density at radius 3 is 2.66 bits per heavy atom. The highest BCUT2D eigenvalue weighted by Crippen LogP contribution is 2.35. The third kappa shape index (κ3) is 4.27. The summed E-state index contributed by atoms with van der Waals surface area (Å²) in [5, 5.41) is 2.68. The van der Waals surface area contributed by atoms with E-state index in [2.05, 4.69) is 5.32 Å². The second-order valence-electron chi connectivity index (χ2n) is 8.43. The van der Waals surface area contributed by atoms with Gasteiger partial charge in [0, 0.05) is 37.4 Å². The molecule has 0 radical (unpaired) electrons. The lowest BCUT2D eigenvalue weighted by molar-refractivity contribution is -0.121. The highest BCUT2D eigenvalue weighted by Gasteiger charge is 2.35. The van der Waals surface area contributed by atoms with Crippen molar-refractivity contribution in [1.29, 1.82) is 0 Å². The summed E-state index contributed by atoms with van der Waals surface area (Å²) in [6.07, 6.45) is 1.71. The first-order valence-corrected chi connectivity index (χ1v) is 12.1. The van der Waals surface area contributed by atoms with Crippen LogP contribution >= 0.6 is 0 Å². The van der Waals surface area contributed by atoms with Crippen molar-refractivity contribution < 1.29 is 22.4 Å². The van der Waals surface area contributed by atoms with Gasteiger partial charge in [0.05, 0.1) is 10.8 Å². The number of fused-ring (bicyclic) bond motifs is 1. The van der Waals surface area contributed by atoms with Crippen LogP contribution in [0.25, 0.3) is 0 Å². The van der Waals surface area contributed by atoms with E-state index in [1.165, 1.54) is 35.5 Å². The first kappa shape index (κ1) is 22.4. The lowest BCUT2D eigenvalue weighted by atomic mass is 9.99. The molecule has 2 atom stereocenters. The van der Waals surface area contributed by atoms with Gasteiger partial charge in [0.2, 0.25) is 21.8 Å². The van der Waals surface area contributed by atoms with Crippen LogP contribution in [-0.4, -0.2) is 43.7 Å². The second kappa shape index (κ2) is 8.63. The van der Waals surface area contributed by atoms with Gasteiger partial charge in [-0.3, -0.25) is 9.59 Å². The van der Waals surface area contributed by atoms with Crippen LogP contribution in [0.4, 0.5) is 15.8 Å². The van der Waals surface area contributed by atoms with Crippen molar-refractivity contribution in [2.24, 2.45) is 5.92 Å². The zero-order valence-corrected chi connectivity index (χ0v) is 18.9. The van der Waals surface area contributed by atoms with E-state index in [1.807, 2.05) is 6.92 Å². The Morgan fingerprint density at radius 1 is 1.16 bits per heavy atom. The third-order valence-corrected chi connectivity index (χ3v) is 7.95. The molecular weight excluding hydrogens is 433 g/mol. The molecule has 0 saturated carbocycles. The fraction of sp³-hybridized carbons (Fsp3) is 0.391. The predicted octanol–water partition coefficient (Wildman–Crippen LogP) is 3.16. The van der Waals surface area contributed by atoms with Gasteiger partial charge in [0.15, 0.2) is 0 Å². The topological polar surface area (TPSA) is 86.8 Å². The van der Waals surface area contributed by atoms with Crippen molar-refractivity contribution in [1.82, 2.24) is 4.31 Å². The minimum absolute atomic E-state index is 0.0219. The van der Waals surface area contributed by atoms with Crippen LogP contribution in [-0.2, 0) is 26.0 Å². The number of hydrogen-bond acceptors (Lipinski definition) is 4. The molecule has 0 unspecified atom stereocenters. The molecule has 1 fully saturated rings. The summed E-state index contributed by atoms with van der Waals surface area (Å²) in [4.78, 5) is 26.5. The zero-order chi connectivity index (χ0) is 23.0. The van der Waals surface area contributed by atoms with Crippen LogP contribution in [0.5, 0.6) is 0 Å². The van der Waals surface area contributed by atoms with Crippen LogP contribution in [0.15, 0.2) is 47.4 Å². The highest BCUT2D eigenvalue weighted by molar-refractivity contribution is 7.89. The normalized spacial score (nSPS) is 21.3. The van der Waals surface area contributed by atoms with Gasteiger partial charge in [-0.2, -0.15) is 4.31 Å². The monoisotopic (exact) mass is 459 g/mol. The molecule has 2 heterocycles. The van der Waals surface area contributed by atoms with Crippen LogP contribution in [0.1, 0.15) is 32.3 Å². The molecule has 0 aromatic heterocycles. The zero-order valence-electron chi connectivity index (χ0n) is 18.0. The average molecular weight is 460 g/mol. The quantitative estimate of drug-likeness (QED) is 0.761. The van der Waals surface area contributed by atoms with Crippen LogP contribution in [0.2, 0.25) is 0 Å². The molecule has 1 saturated heterocycles. The fourth-order valence-electron chi connectivity index (χ4n) is 4.58. The number of nitrogens with one attached hydrogen (secondary N) is 1. The Balaban J connectivity index is 1.51. The number of nitrogens with zero attached hydrogens (tertiary/aromatic N) is 2. The maximum absolute atomic E-state index is 13.4. The minimum Gasteiger partial charge on any atom is -0.326 e. The third-order valence-electron chi connectivity index (χ3n) is 6.09. The largest absolute Gasteiger partial charge is 0.326 e. The molecule has 2 aliphatic rings. The predicted molar refractivity (Wildman–Crippen MR) is 119 cm³/mol. The molecule has 2 aliphatic heterocycles. The molecule has 2 amide bonds. The number of carbonyl (C=O) groups excluding carboxylic acids is 2. The molecule has 0 spiro atoms. The van der Waals surface area contributed by atoms with Crippen molar-refractivity contribution in [3.05, 3.63) is 53.8 Å². The summed E-state index contributed by atoms with van der Waals surface area (Å²) < 4.78 is 41.4. The highest BCUT2D eigenvalue weighted by atomic mass is 32.2. The van der Waals surface area contributed by atoms with Crippen molar-refractivity contribution in [3.63, 3.8) is 0 Å². The number of hydrogen-bond donors (Lipinski definition) is 1. The Morgan fingerprint density at radius 2 is 1.94 bits per heavy atom. The van der Waals surface area contributed by atoms with Gasteiger partial charge < -0.3 is 10.2 Å². The van der Waals surface area contributed by atoms with Crippen LogP contribution < -0.4 is 10.2 Å². The standard InChI is InChI=1S/C23H26FN3O4S/c1-15-11-18-12-21(8-9-22(18)27(15)16(2)28)32(30,31)26-10-4-5-17(14-26)23(29)25-20-7-3-6-19(24)13-20/h3,6-9,12-13,15,17H,4-5,10-11,14H2,1-2H3,(H,25,29)/t15-,17-/m1/s1. The number of carbonyl (C=O) groups is 2. The van der Waals surface area contributed by atoms with Gasteiger partial charge in [-0.15, -0.1) is 0 Å². The van der Waals surface area contributed by atoms with Gasteiger partial charge in [-0.05, 0) is 68.1 Å². The number of anilines is 2. The lowest BCUT2D eigenvalue weighted by Gasteiger charge is -2.31. The second-order valence-corrected chi connectivity index (χ2v) is 10.4. The number of sulfonamides is 1. The van der Waals surface area contributed by atoms with Crippen molar-refractivity contribution in [2.45, 2.75) is 44.0 Å². The number of halogens is 1. The number of piperidine rings is 1. The van der Waals surface area contributed by atoms with E-state index in [9.17, 15) is 22.4 Å². The SMILES string of the molecule is CC(=O)N1c2ccc(S(=O)(=O)N3CCC[C@@H](C(=O)Nc4cccc(F)c4)C3)cc2C[C@H]1C. The van der Waals surface area contributed by atoms with E-state index in [0.29, 0.717) is 31.5 Å². The average Bonchev–Trinajstić information content (AvgIpc) is 3.09. The van der Waals surface area contributed by atoms with E-state index < -0.39 is 21.8 Å². The Hall–Kier alpha value is -2.78. The van der Waals surface area contributed by atoms with Crippen molar-refractivity contribution >= 4 is 33.2 Å². The summed E-state index contributed by atoms with van der Waals surface area (Å²) in [6, 6.07) is 10.4. The molecule has 1 N–H and O–H groups in total. The molecule has 32 heavy (non-hydrogen) atoms. The Labute approximate surface area is 187 Å². The molecule has 7 nitrogen and oxygen atoms in total. The molecule has 2 aromatic carbocycles. The molecule has 0 aliphatic carbocycles. The van der Waals surface area contributed by atoms with Gasteiger partial charge in [0.1, 0.15) is 5.82 Å². The lowest BCUT2D eigenvalue weighted by Crippen LogP contribution is -2.43. The summed E-state index contributed by atoms with van der Waals surface area (Å²) in [7, 11) is -3.79. The summed E-state index contributed by atoms with van der Waals surface area (Å²) >= 11 is 0. The first-order chi connectivity index (χ1) is 15.2. The summed E-state index contributed by atoms with van der Waals surface area (Å²) in [6.45, 7) is 3.83. The van der Waals surface area contributed by atoms with Gasteiger partial charge >= 0.3 is 0 Å². The fourth-order valence-corrected chi connectivity index (χ4v) is 6.16. The number of amides is 2. The molecular formula is C23H26FN3O4S. The first-order valence-electron chi connectivity index (χ1n) is 10.7. The van der Waals surface area contributed by atoms with Crippen LogP contribution in [0, 0.1) is 11.7 Å². The van der Waals surface area contributed by atoms with Crippen molar-refractivity contribution in [3.8, 4) is 0 Å². The summed E-state index contributed by atoms with van der Waals surface area (Å²) in [5.41, 5.74) is 1.92. The Bertz CT molecular complexity index is 1170. The van der Waals surface area contributed by atoms with E-state index >= 15 is 0 Å². The molecule has 4 rings (SSSR count). The van der Waals surface area contributed by atoms with E-state index in [1.54, 1.807) is 23.1 Å². The van der Waals surface area contributed by atoms with E-state index in [4.69, 9.17) is 0 Å². The number of rotatable bonds is 4. The van der Waals surface area contributed by atoms with Gasteiger partial charge in [-0.25, -0.2) is 12.8 Å². The number of benzene rings is 2. The maximum Gasteiger partial charge on any atom is 0.243 e. The summed E-state index contributed by atoms with van der Waals surface area (Å²) in [5.74, 6) is -1.38. The minimum atomic E-state index is -3.79. The van der Waals surface area contributed by atoms with Crippen LogP contribution in [0.3, 0.4) is 0 Å². The smallest absolute Gasteiger partial charge is 0.243 e. The van der Waals surface area contributed by atoms with Crippen molar-refractivity contribution in [2.75, 3.05) is 23.3 Å². The molecule has 9 heteroatoms. The molecule has 0 bridgehead atoms. The molecule has 170 valence electrons. The van der Waals surface area contributed by atoms with Gasteiger partial charge in [-0.1, -0.05) is 6.07 Å². The van der Waals surface area contributed by atoms with Gasteiger partial charge in [0.25, 0.3) is 0 Å². The van der Waals surface area contributed by atoms with E-state index in [-0.39, 0.29) is 29.3 Å². The maximum atomic E-state index is 13.4. The van der Waals surface area contributed by atoms with E-state index in [0.717, 1.165) is 11.3 Å².